The summed E-state index contributed by atoms with van der Waals surface area (Å²) in [5, 5.41) is 13.6. The van der Waals surface area contributed by atoms with Crippen LogP contribution in [0.2, 0.25) is 10.0 Å². The summed E-state index contributed by atoms with van der Waals surface area (Å²) in [6, 6.07) is 15.6. The molecule has 0 saturated carbocycles. The van der Waals surface area contributed by atoms with Gasteiger partial charge in [-0.05, 0) is 49.7 Å². The first-order valence-corrected chi connectivity index (χ1v) is 10.1. The molecule has 1 saturated heterocycles. The number of hydrogen-bond acceptors (Lipinski definition) is 4. The maximum Gasteiger partial charge on any atom is 0.0992 e. The highest BCUT2D eigenvalue weighted by Gasteiger charge is 2.19. The van der Waals surface area contributed by atoms with Gasteiger partial charge in [0.15, 0.2) is 0 Å². The second-order valence-electron chi connectivity index (χ2n) is 6.73. The predicted octanol–water partition coefficient (Wildman–Crippen LogP) is 4.88. The highest BCUT2D eigenvalue weighted by molar-refractivity contribution is 6.43. The third-order valence-corrected chi connectivity index (χ3v) is 5.68. The van der Waals surface area contributed by atoms with E-state index in [1.54, 1.807) is 0 Å². The summed E-state index contributed by atoms with van der Waals surface area (Å²) in [6.07, 6.45) is 2.26. The molecular formula is C21H24Cl2N4. The van der Waals surface area contributed by atoms with E-state index in [9.17, 15) is 0 Å². The van der Waals surface area contributed by atoms with Crippen LogP contribution in [0.5, 0.6) is 0 Å². The molecule has 0 radical (unpaired) electrons. The minimum atomic E-state index is 0.615. The Kier molecular flexibility index (Phi) is 7.23. The van der Waals surface area contributed by atoms with Gasteiger partial charge in [0.25, 0.3) is 0 Å². The van der Waals surface area contributed by atoms with E-state index in [1.165, 1.54) is 0 Å². The van der Waals surface area contributed by atoms with Crippen LogP contribution < -0.4 is 10.2 Å². The van der Waals surface area contributed by atoms with Gasteiger partial charge in [0.2, 0.25) is 0 Å². The Morgan fingerprint density at radius 3 is 2.56 bits per heavy atom. The third kappa shape index (κ3) is 5.52. The van der Waals surface area contributed by atoms with Crippen molar-refractivity contribution in [3.8, 4) is 6.07 Å². The van der Waals surface area contributed by atoms with Crippen molar-refractivity contribution in [3.05, 3.63) is 58.1 Å². The van der Waals surface area contributed by atoms with Gasteiger partial charge < -0.3 is 10.2 Å². The molecule has 0 spiro atoms. The first-order valence-electron chi connectivity index (χ1n) is 9.33. The van der Waals surface area contributed by atoms with Crippen molar-refractivity contribution < 1.29 is 0 Å². The van der Waals surface area contributed by atoms with Crippen LogP contribution in [0.4, 0.5) is 11.4 Å². The molecule has 0 amide bonds. The molecular weight excluding hydrogens is 379 g/mol. The lowest BCUT2D eigenvalue weighted by atomic mass is 10.2. The van der Waals surface area contributed by atoms with Crippen molar-refractivity contribution in [1.29, 1.82) is 5.26 Å². The summed E-state index contributed by atoms with van der Waals surface area (Å²) in [5.41, 5.74) is 2.74. The van der Waals surface area contributed by atoms with Crippen molar-refractivity contribution in [1.82, 2.24) is 4.90 Å². The van der Waals surface area contributed by atoms with Crippen molar-refractivity contribution in [2.45, 2.75) is 12.8 Å². The molecule has 2 aromatic carbocycles. The van der Waals surface area contributed by atoms with Crippen molar-refractivity contribution in [2.75, 3.05) is 49.5 Å². The number of nitrogens with one attached hydrogen (secondary N) is 1. The van der Waals surface area contributed by atoms with E-state index in [2.05, 4.69) is 21.2 Å². The number of piperazine rings is 1. The van der Waals surface area contributed by atoms with Gasteiger partial charge in [-0.1, -0.05) is 35.3 Å². The van der Waals surface area contributed by atoms with E-state index in [0.717, 1.165) is 63.5 Å². The second kappa shape index (κ2) is 9.85. The Morgan fingerprint density at radius 1 is 1.00 bits per heavy atom. The quantitative estimate of drug-likeness (QED) is 0.670. The van der Waals surface area contributed by atoms with Gasteiger partial charge in [-0.25, -0.2) is 0 Å². The molecule has 2 aromatic rings. The van der Waals surface area contributed by atoms with Gasteiger partial charge in [0.1, 0.15) is 0 Å². The molecule has 0 atom stereocenters. The van der Waals surface area contributed by atoms with E-state index in [0.29, 0.717) is 15.6 Å². The van der Waals surface area contributed by atoms with Gasteiger partial charge in [-0.3, -0.25) is 4.90 Å². The molecule has 4 nitrogen and oxygen atoms in total. The molecule has 0 bridgehead atoms. The van der Waals surface area contributed by atoms with Crippen LogP contribution in [0.1, 0.15) is 18.4 Å². The van der Waals surface area contributed by atoms with Gasteiger partial charge >= 0.3 is 0 Å². The summed E-state index contributed by atoms with van der Waals surface area (Å²) in [6.45, 7) is 6.06. The fourth-order valence-corrected chi connectivity index (χ4v) is 3.76. The lowest BCUT2D eigenvalue weighted by Crippen LogP contribution is -2.46. The SMILES string of the molecule is N#Cc1cccc(NCCCCN2CCN(c3cccc(Cl)c3Cl)CC2)c1. The summed E-state index contributed by atoms with van der Waals surface area (Å²) < 4.78 is 0. The molecule has 142 valence electrons. The molecule has 6 heteroatoms. The van der Waals surface area contributed by atoms with Crippen molar-refractivity contribution >= 4 is 34.6 Å². The number of nitriles is 1. The maximum atomic E-state index is 8.94. The Bertz CT molecular complexity index is 795. The molecule has 0 aliphatic carbocycles. The molecule has 0 aromatic heterocycles. The van der Waals surface area contributed by atoms with E-state index >= 15 is 0 Å². The second-order valence-corrected chi connectivity index (χ2v) is 7.51. The number of anilines is 2. The molecule has 1 heterocycles. The number of rotatable bonds is 7. The number of benzene rings is 2. The van der Waals surface area contributed by atoms with Crippen LogP contribution >= 0.6 is 23.2 Å². The molecule has 0 unspecified atom stereocenters. The Hall–Kier alpha value is -1.93. The average molecular weight is 403 g/mol. The summed E-state index contributed by atoms with van der Waals surface area (Å²) in [7, 11) is 0. The fourth-order valence-electron chi connectivity index (χ4n) is 3.34. The van der Waals surface area contributed by atoms with Gasteiger partial charge in [0, 0.05) is 38.4 Å². The standard InChI is InChI=1S/C21H24Cl2N4/c22-19-7-4-8-20(21(19)23)27-13-11-26(12-14-27)10-2-1-9-25-18-6-3-5-17(15-18)16-24/h3-8,15,25H,1-2,9-14H2. The number of halogens is 2. The van der Waals surface area contributed by atoms with Crippen LogP contribution in [0, 0.1) is 11.3 Å². The maximum absolute atomic E-state index is 8.94. The number of unbranched alkanes of at least 4 members (excludes halogenated alkanes) is 1. The minimum absolute atomic E-state index is 0.615. The lowest BCUT2D eigenvalue weighted by molar-refractivity contribution is 0.254. The largest absolute Gasteiger partial charge is 0.385 e. The van der Waals surface area contributed by atoms with E-state index < -0.39 is 0 Å². The fraction of sp³-hybridized carbons (Fsp3) is 0.381. The zero-order valence-electron chi connectivity index (χ0n) is 15.3. The van der Waals surface area contributed by atoms with Gasteiger partial charge in [-0.15, -0.1) is 0 Å². The molecule has 27 heavy (non-hydrogen) atoms. The molecule has 3 rings (SSSR count). The molecule has 1 N–H and O–H groups in total. The first kappa shape index (κ1) is 19.8. The number of nitrogens with zero attached hydrogens (tertiary/aromatic N) is 3. The summed E-state index contributed by atoms with van der Waals surface area (Å²) >= 11 is 12.5. The van der Waals surface area contributed by atoms with Crippen LogP contribution in [-0.4, -0.2) is 44.2 Å². The Morgan fingerprint density at radius 2 is 1.78 bits per heavy atom. The predicted molar refractivity (Wildman–Crippen MR) is 114 cm³/mol. The molecule has 1 fully saturated rings. The van der Waals surface area contributed by atoms with E-state index in [1.807, 2.05) is 42.5 Å². The summed E-state index contributed by atoms with van der Waals surface area (Å²) in [4.78, 5) is 4.82. The van der Waals surface area contributed by atoms with Crippen molar-refractivity contribution in [2.24, 2.45) is 0 Å². The zero-order valence-corrected chi connectivity index (χ0v) is 16.8. The normalized spacial score (nSPS) is 14.8. The van der Waals surface area contributed by atoms with Crippen LogP contribution in [0.3, 0.4) is 0 Å². The number of hydrogen-bond donors (Lipinski definition) is 1. The molecule has 1 aliphatic rings. The highest BCUT2D eigenvalue weighted by atomic mass is 35.5. The lowest BCUT2D eigenvalue weighted by Gasteiger charge is -2.36. The zero-order chi connectivity index (χ0) is 19.1. The van der Waals surface area contributed by atoms with Gasteiger partial charge in [0.05, 0.1) is 27.4 Å². The summed E-state index contributed by atoms with van der Waals surface area (Å²) in [5.74, 6) is 0. The van der Waals surface area contributed by atoms with Crippen LogP contribution in [0.25, 0.3) is 0 Å². The van der Waals surface area contributed by atoms with Crippen LogP contribution in [-0.2, 0) is 0 Å². The smallest absolute Gasteiger partial charge is 0.0992 e. The average Bonchev–Trinajstić information content (AvgIpc) is 2.70. The van der Waals surface area contributed by atoms with E-state index in [4.69, 9.17) is 28.5 Å². The molecule has 1 aliphatic heterocycles. The topological polar surface area (TPSA) is 42.3 Å². The Balaban J connectivity index is 1.35. The van der Waals surface area contributed by atoms with Crippen LogP contribution in [0.15, 0.2) is 42.5 Å². The monoisotopic (exact) mass is 402 g/mol. The minimum Gasteiger partial charge on any atom is -0.385 e. The highest BCUT2D eigenvalue weighted by Crippen LogP contribution is 2.32. The van der Waals surface area contributed by atoms with Gasteiger partial charge in [-0.2, -0.15) is 5.26 Å². The van der Waals surface area contributed by atoms with Crippen molar-refractivity contribution in [3.63, 3.8) is 0 Å². The van der Waals surface area contributed by atoms with E-state index in [-0.39, 0.29) is 0 Å². The Labute approximate surface area is 171 Å². The first-order chi connectivity index (χ1) is 13.2. The third-order valence-electron chi connectivity index (χ3n) is 4.87.